The summed E-state index contributed by atoms with van der Waals surface area (Å²) in [5.74, 6) is 0.470. The van der Waals surface area contributed by atoms with Crippen LogP contribution in [-0.4, -0.2) is 18.5 Å². The number of nitrogens with two attached hydrogens (primary N) is 1. The molecular formula is C12H24N2O. The summed E-state index contributed by atoms with van der Waals surface area (Å²) in [4.78, 5) is 11.8. The molecule has 0 aromatic rings. The predicted molar refractivity (Wildman–Crippen MR) is 62.5 cm³/mol. The Morgan fingerprint density at radius 1 is 1.33 bits per heavy atom. The lowest BCUT2D eigenvalue weighted by Gasteiger charge is -2.16. The molecule has 0 radical (unpaired) electrons. The first-order valence-electron chi connectivity index (χ1n) is 6.27. The van der Waals surface area contributed by atoms with E-state index in [4.69, 9.17) is 5.73 Å². The van der Waals surface area contributed by atoms with Crippen molar-refractivity contribution in [2.75, 3.05) is 6.54 Å². The molecule has 1 aliphatic carbocycles. The summed E-state index contributed by atoms with van der Waals surface area (Å²) in [6.45, 7) is 2.67. The lowest BCUT2D eigenvalue weighted by molar-refractivity contribution is -0.125. The van der Waals surface area contributed by atoms with E-state index in [0.29, 0.717) is 6.54 Å². The normalized spacial score (nSPS) is 20.7. The second-order valence-corrected chi connectivity index (χ2v) is 4.60. The van der Waals surface area contributed by atoms with Crippen LogP contribution in [0.5, 0.6) is 0 Å². The summed E-state index contributed by atoms with van der Waals surface area (Å²) in [6.07, 6.45) is 8.04. The first-order valence-corrected chi connectivity index (χ1v) is 6.27. The molecule has 0 spiro atoms. The largest absolute Gasteiger partial charge is 0.354 e. The van der Waals surface area contributed by atoms with Gasteiger partial charge in [0.2, 0.25) is 5.91 Å². The molecule has 0 aromatic heterocycles. The Bertz CT molecular complexity index is 186. The minimum absolute atomic E-state index is 0.111. The van der Waals surface area contributed by atoms with Gasteiger partial charge in [0.1, 0.15) is 0 Å². The van der Waals surface area contributed by atoms with Crippen LogP contribution in [0.25, 0.3) is 0 Å². The highest BCUT2D eigenvalue weighted by Gasteiger charge is 2.19. The van der Waals surface area contributed by atoms with Gasteiger partial charge in [-0.3, -0.25) is 4.79 Å². The van der Waals surface area contributed by atoms with Crippen molar-refractivity contribution in [1.29, 1.82) is 0 Å². The van der Waals surface area contributed by atoms with Gasteiger partial charge < -0.3 is 11.1 Å². The fraction of sp³-hybridized carbons (Fsp3) is 0.917. The average Bonchev–Trinajstić information content (AvgIpc) is 2.53. The first kappa shape index (κ1) is 12.5. The molecule has 0 heterocycles. The van der Waals surface area contributed by atoms with Gasteiger partial charge in [-0.2, -0.15) is 0 Å². The predicted octanol–water partition coefficient (Wildman–Crippen LogP) is 1.81. The zero-order valence-corrected chi connectivity index (χ0v) is 9.80. The lowest BCUT2D eigenvalue weighted by Crippen LogP contribution is -2.39. The molecule has 3 heteroatoms. The molecule has 0 bridgehead atoms. The highest BCUT2D eigenvalue weighted by atomic mass is 16.1. The number of hydrogen-bond donors (Lipinski definition) is 2. The van der Waals surface area contributed by atoms with Gasteiger partial charge in [-0.05, 0) is 19.3 Å². The molecule has 1 atom stereocenters. The van der Waals surface area contributed by atoms with Crippen LogP contribution in [0.1, 0.15) is 51.9 Å². The van der Waals surface area contributed by atoms with Crippen molar-refractivity contribution in [2.24, 2.45) is 11.7 Å². The molecule has 1 saturated carbocycles. The number of hydrogen-bond acceptors (Lipinski definition) is 2. The van der Waals surface area contributed by atoms with E-state index < -0.39 is 0 Å². The van der Waals surface area contributed by atoms with Crippen LogP contribution >= 0.6 is 0 Å². The fourth-order valence-corrected chi connectivity index (χ4v) is 2.06. The highest BCUT2D eigenvalue weighted by molar-refractivity contribution is 5.78. The third-order valence-corrected chi connectivity index (χ3v) is 3.29. The maximum absolute atomic E-state index is 11.8. The van der Waals surface area contributed by atoms with Crippen molar-refractivity contribution in [3.05, 3.63) is 0 Å². The summed E-state index contributed by atoms with van der Waals surface area (Å²) >= 11 is 0. The zero-order valence-electron chi connectivity index (χ0n) is 9.80. The Hall–Kier alpha value is -0.570. The number of amides is 1. The quantitative estimate of drug-likeness (QED) is 0.698. The number of carbonyl (C=O) groups excluding carboxylic acids is 1. The van der Waals surface area contributed by atoms with E-state index in [1.54, 1.807) is 0 Å². The molecule has 3 nitrogen and oxygen atoms in total. The average molecular weight is 212 g/mol. The van der Waals surface area contributed by atoms with Gasteiger partial charge in [-0.15, -0.1) is 0 Å². The molecule has 1 fully saturated rings. The van der Waals surface area contributed by atoms with Crippen molar-refractivity contribution in [1.82, 2.24) is 5.32 Å². The van der Waals surface area contributed by atoms with Crippen LogP contribution in [0.4, 0.5) is 0 Å². The van der Waals surface area contributed by atoms with E-state index in [-0.39, 0.29) is 17.9 Å². The van der Waals surface area contributed by atoms with Crippen LogP contribution in [-0.2, 0) is 4.79 Å². The first-order chi connectivity index (χ1) is 7.24. The lowest BCUT2D eigenvalue weighted by atomic mass is 9.99. The molecule has 0 saturated heterocycles. The molecule has 0 aromatic carbocycles. The number of carbonyl (C=O) groups is 1. The summed E-state index contributed by atoms with van der Waals surface area (Å²) in [7, 11) is 0. The van der Waals surface area contributed by atoms with Gasteiger partial charge in [-0.25, -0.2) is 0 Å². The molecule has 0 aliphatic heterocycles. The Balaban J connectivity index is 2.25. The van der Waals surface area contributed by atoms with Gasteiger partial charge in [-0.1, -0.05) is 32.6 Å². The van der Waals surface area contributed by atoms with Crippen LogP contribution < -0.4 is 11.1 Å². The minimum atomic E-state index is 0.111. The smallest absolute Gasteiger partial charge is 0.223 e. The maximum Gasteiger partial charge on any atom is 0.223 e. The van der Waals surface area contributed by atoms with Crippen LogP contribution in [0, 0.1) is 5.92 Å². The molecule has 1 amide bonds. The molecule has 1 unspecified atom stereocenters. The Labute approximate surface area is 92.8 Å². The summed E-state index contributed by atoms with van der Waals surface area (Å²) in [5.41, 5.74) is 5.77. The zero-order chi connectivity index (χ0) is 11.1. The van der Waals surface area contributed by atoms with Crippen molar-refractivity contribution in [2.45, 2.75) is 57.9 Å². The summed E-state index contributed by atoms with van der Waals surface area (Å²) in [6, 6.07) is 0.111. The summed E-state index contributed by atoms with van der Waals surface area (Å²) < 4.78 is 0. The second kappa shape index (κ2) is 6.83. The van der Waals surface area contributed by atoms with Gasteiger partial charge in [0.25, 0.3) is 0 Å². The standard InChI is InChI=1S/C12H24N2O/c1-2-11(13)9-14-12(15)10-7-5-3-4-6-8-10/h10-11H,2-9,13H2,1H3,(H,14,15). The Morgan fingerprint density at radius 3 is 2.47 bits per heavy atom. The Kier molecular flexibility index (Phi) is 5.69. The van der Waals surface area contributed by atoms with E-state index in [2.05, 4.69) is 5.32 Å². The van der Waals surface area contributed by atoms with Crippen molar-refractivity contribution in [3.8, 4) is 0 Å². The molecule has 88 valence electrons. The molecule has 3 N–H and O–H groups in total. The second-order valence-electron chi connectivity index (χ2n) is 4.60. The third kappa shape index (κ3) is 4.65. The van der Waals surface area contributed by atoms with Crippen LogP contribution in [0.2, 0.25) is 0 Å². The van der Waals surface area contributed by atoms with Crippen molar-refractivity contribution >= 4 is 5.91 Å². The molecular weight excluding hydrogens is 188 g/mol. The maximum atomic E-state index is 11.8. The topological polar surface area (TPSA) is 55.1 Å². The number of nitrogens with one attached hydrogen (secondary N) is 1. The fourth-order valence-electron chi connectivity index (χ4n) is 2.06. The van der Waals surface area contributed by atoms with E-state index >= 15 is 0 Å². The summed E-state index contributed by atoms with van der Waals surface area (Å²) in [5, 5.41) is 2.97. The SMILES string of the molecule is CCC(N)CNC(=O)C1CCCCCC1. The van der Waals surface area contributed by atoms with Gasteiger partial charge >= 0.3 is 0 Å². The number of rotatable bonds is 4. The van der Waals surface area contributed by atoms with Gasteiger partial charge in [0.15, 0.2) is 0 Å². The van der Waals surface area contributed by atoms with E-state index in [1.165, 1.54) is 25.7 Å². The molecule has 15 heavy (non-hydrogen) atoms. The van der Waals surface area contributed by atoms with Crippen molar-refractivity contribution < 1.29 is 4.79 Å². The third-order valence-electron chi connectivity index (χ3n) is 3.29. The van der Waals surface area contributed by atoms with Gasteiger partial charge in [0.05, 0.1) is 0 Å². The highest BCUT2D eigenvalue weighted by Crippen LogP contribution is 2.22. The van der Waals surface area contributed by atoms with Crippen LogP contribution in [0.3, 0.4) is 0 Å². The molecule has 1 rings (SSSR count). The van der Waals surface area contributed by atoms with E-state index in [9.17, 15) is 4.79 Å². The van der Waals surface area contributed by atoms with E-state index in [0.717, 1.165) is 19.3 Å². The van der Waals surface area contributed by atoms with Gasteiger partial charge in [0, 0.05) is 18.5 Å². The van der Waals surface area contributed by atoms with E-state index in [1.807, 2.05) is 6.92 Å². The monoisotopic (exact) mass is 212 g/mol. The minimum Gasteiger partial charge on any atom is -0.354 e. The van der Waals surface area contributed by atoms with Crippen LogP contribution in [0.15, 0.2) is 0 Å². The Morgan fingerprint density at radius 2 is 1.93 bits per heavy atom. The molecule has 1 aliphatic rings. The van der Waals surface area contributed by atoms with Crippen molar-refractivity contribution in [3.63, 3.8) is 0 Å².